The zero-order chi connectivity index (χ0) is 12.8. The first-order valence-corrected chi connectivity index (χ1v) is 6.41. The van der Waals surface area contributed by atoms with Gasteiger partial charge in [0, 0.05) is 19.3 Å². The Labute approximate surface area is 102 Å². The summed E-state index contributed by atoms with van der Waals surface area (Å²) >= 11 is 0. The SMILES string of the molecule is CC(C)CCCCCC(=O)N1C(=O)CCC1=O. The lowest BCUT2D eigenvalue weighted by Gasteiger charge is -2.11. The molecule has 4 nitrogen and oxygen atoms in total. The first-order chi connectivity index (χ1) is 8.02. The molecule has 1 saturated heterocycles. The van der Waals surface area contributed by atoms with Crippen molar-refractivity contribution in [2.24, 2.45) is 5.92 Å². The van der Waals surface area contributed by atoms with Gasteiger partial charge in [-0.1, -0.05) is 33.1 Å². The Morgan fingerprint density at radius 2 is 1.71 bits per heavy atom. The Bertz CT molecular complexity index is 294. The van der Waals surface area contributed by atoms with Crippen LogP contribution in [0.3, 0.4) is 0 Å². The minimum Gasteiger partial charge on any atom is -0.274 e. The van der Waals surface area contributed by atoms with E-state index in [1.807, 2.05) is 0 Å². The summed E-state index contributed by atoms with van der Waals surface area (Å²) in [5.74, 6) is -0.293. The van der Waals surface area contributed by atoms with Crippen LogP contribution in [0.4, 0.5) is 0 Å². The molecule has 0 N–H and O–H groups in total. The molecule has 4 heteroatoms. The van der Waals surface area contributed by atoms with Crippen LogP contribution in [0.15, 0.2) is 0 Å². The number of likely N-dealkylation sites (tertiary alicyclic amines) is 1. The normalized spacial score (nSPS) is 16.1. The predicted molar refractivity (Wildman–Crippen MR) is 64.0 cm³/mol. The maximum Gasteiger partial charge on any atom is 0.236 e. The molecule has 0 unspecified atom stereocenters. The summed E-state index contributed by atoms with van der Waals surface area (Å²) in [5, 5.41) is 0. The Morgan fingerprint density at radius 3 is 2.24 bits per heavy atom. The molecule has 0 radical (unpaired) electrons. The molecule has 1 heterocycles. The standard InChI is InChI=1S/C13H21NO3/c1-10(2)6-4-3-5-7-11(15)14-12(16)8-9-13(14)17/h10H,3-9H2,1-2H3. The second-order valence-electron chi connectivity index (χ2n) is 5.01. The fourth-order valence-electron chi connectivity index (χ4n) is 1.97. The second kappa shape index (κ2) is 6.52. The van der Waals surface area contributed by atoms with Crippen molar-refractivity contribution in [3.63, 3.8) is 0 Å². The van der Waals surface area contributed by atoms with Gasteiger partial charge in [0.1, 0.15) is 0 Å². The molecule has 3 amide bonds. The molecule has 1 aliphatic rings. The minimum atomic E-state index is -0.331. The molecule has 96 valence electrons. The van der Waals surface area contributed by atoms with E-state index in [1.165, 1.54) is 0 Å². The van der Waals surface area contributed by atoms with Gasteiger partial charge in [0.2, 0.25) is 17.7 Å². The van der Waals surface area contributed by atoms with E-state index in [4.69, 9.17) is 0 Å². The van der Waals surface area contributed by atoms with Gasteiger partial charge in [0.15, 0.2) is 0 Å². The van der Waals surface area contributed by atoms with E-state index in [9.17, 15) is 14.4 Å². The van der Waals surface area contributed by atoms with Gasteiger partial charge in [0.25, 0.3) is 0 Å². The third kappa shape index (κ3) is 4.29. The number of unbranched alkanes of at least 4 members (excludes halogenated alkanes) is 2. The quantitative estimate of drug-likeness (QED) is 0.527. The number of hydrogen-bond donors (Lipinski definition) is 0. The Hall–Kier alpha value is -1.19. The maximum absolute atomic E-state index is 11.6. The fourth-order valence-corrected chi connectivity index (χ4v) is 1.97. The highest BCUT2D eigenvalue weighted by Crippen LogP contribution is 2.15. The average Bonchev–Trinajstić information content (AvgIpc) is 2.57. The third-order valence-corrected chi connectivity index (χ3v) is 2.97. The molecule has 0 aromatic carbocycles. The smallest absolute Gasteiger partial charge is 0.236 e. The van der Waals surface area contributed by atoms with Crippen molar-refractivity contribution in [3.8, 4) is 0 Å². The number of carbonyl (C=O) groups excluding carboxylic acids is 3. The molecule has 1 aliphatic heterocycles. The maximum atomic E-state index is 11.6. The van der Waals surface area contributed by atoms with Gasteiger partial charge in [-0.3, -0.25) is 14.4 Å². The molecule has 17 heavy (non-hydrogen) atoms. The van der Waals surface area contributed by atoms with E-state index in [1.54, 1.807) is 0 Å². The van der Waals surface area contributed by atoms with Crippen LogP contribution in [0.5, 0.6) is 0 Å². The summed E-state index contributed by atoms with van der Waals surface area (Å²) < 4.78 is 0. The van der Waals surface area contributed by atoms with Crippen LogP contribution in [0, 0.1) is 5.92 Å². The molecule has 1 rings (SSSR count). The largest absolute Gasteiger partial charge is 0.274 e. The summed E-state index contributed by atoms with van der Waals surface area (Å²) in [6, 6.07) is 0. The van der Waals surface area contributed by atoms with Crippen molar-refractivity contribution >= 4 is 17.7 Å². The monoisotopic (exact) mass is 239 g/mol. The van der Waals surface area contributed by atoms with Gasteiger partial charge in [-0.2, -0.15) is 0 Å². The van der Waals surface area contributed by atoms with Gasteiger partial charge >= 0.3 is 0 Å². The molecule has 0 spiro atoms. The van der Waals surface area contributed by atoms with Gasteiger partial charge in [-0.05, 0) is 12.3 Å². The van der Waals surface area contributed by atoms with Crippen molar-refractivity contribution < 1.29 is 14.4 Å². The lowest BCUT2D eigenvalue weighted by atomic mass is 10.0. The van der Waals surface area contributed by atoms with Crippen LogP contribution in [-0.4, -0.2) is 22.6 Å². The van der Waals surface area contributed by atoms with Crippen molar-refractivity contribution in [3.05, 3.63) is 0 Å². The summed E-state index contributed by atoms with van der Waals surface area (Å²) in [4.78, 5) is 35.1. The number of nitrogens with zero attached hydrogens (tertiary/aromatic N) is 1. The van der Waals surface area contributed by atoms with Crippen molar-refractivity contribution in [2.75, 3.05) is 0 Å². The molecule has 0 atom stereocenters. The Kier molecular flexibility index (Phi) is 5.32. The zero-order valence-electron chi connectivity index (χ0n) is 10.7. The molecule has 0 bridgehead atoms. The highest BCUT2D eigenvalue weighted by molar-refractivity contribution is 6.14. The first-order valence-electron chi connectivity index (χ1n) is 6.41. The number of rotatable bonds is 6. The number of amides is 3. The first kappa shape index (κ1) is 13.9. The van der Waals surface area contributed by atoms with E-state index >= 15 is 0 Å². The van der Waals surface area contributed by atoms with Crippen LogP contribution >= 0.6 is 0 Å². The van der Waals surface area contributed by atoms with E-state index in [2.05, 4.69) is 13.8 Å². The van der Waals surface area contributed by atoms with Crippen molar-refractivity contribution in [2.45, 2.75) is 58.8 Å². The van der Waals surface area contributed by atoms with Gasteiger partial charge in [0.05, 0.1) is 0 Å². The second-order valence-corrected chi connectivity index (χ2v) is 5.01. The lowest BCUT2D eigenvalue weighted by molar-refractivity contribution is -0.149. The number of hydrogen-bond acceptors (Lipinski definition) is 3. The van der Waals surface area contributed by atoms with Crippen LogP contribution < -0.4 is 0 Å². The topological polar surface area (TPSA) is 54.5 Å². The molecule has 0 aromatic rings. The number of carbonyl (C=O) groups is 3. The predicted octanol–water partition coefficient (Wildman–Crippen LogP) is 2.27. The van der Waals surface area contributed by atoms with E-state index in [0.717, 1.165) is 30.6 Å². The minimum absolute atomic E-state index is 0.192. The zero-order valence-corrected chi connectivity index (χ0v) is 10.7. The molecule has 0 aromatic heterocycles. The van der Waals surface area contributed by atoms with Crippen LogP contribution in [0.25, 0.3) is 0 Å². The third-order valence-electron chi connectivity index (χ3n) is 2.97. The van der Waals surface area contributed by atoms with E-state index < -0.39 is 0 Å². The summed E-state index contributed by atoms with van der Waals surface area (Å²) in [6.45, 7) is 4.35. The summed E-state index contributed by atoms with van der Waals surface area (Å²) in [5.41, 5.74) is 0. The Morgan fingerprint density at radius 1 is 1.12 bits per heavy atom. The summed E-state index contributed by atoms with van der Waals surface area (Å²) in [7, 11) is 0. The number of imide groups is 3. The van der Waals surface area contributed by atoms with Gasteiger partial charge < -0.3 is 0 Å². The highest BCUT2D eigenvalue weighted by atomic mass is 16.2. The van der Waals surface area contributed by atoms with Gasteiger partial charge in [-0.15, -0.1) is 0 Å². The molecule has 0 saturated carbocycles. The molecule has 1 fully saturated rings. The van der Waals surface area contributed by atoms with Crippen molar-refractivity contribution in [1.82, 2.24) is 4.90 Å². The average molecular weight is 239 g/mol. The Balaban J connectivity index is 2.21. The van der Waals surface area contributed by atoms with E-state index in [0.29, 0.717) is 12.3 Å². The fraction of sp³-hybridized carbons (Fsp3) is 0.769. The molecular formula is C13H21NO3. The summed E-state index contributed by atoms with van der Waals surface area (Å²) in [6.07, 6.45) is 4.72. The van der Waals surface area contributed by atoms with Crippen LogP contribution in [-0.2, 0) is 14.4 Å². The van der Waals surface area contributed by atoms with E-state index in [-0.39, 0.29) is 30.6 Å². The molecule has 0 aliphatic carbocycles. The van der Waals surface area contributed by atoms with Crippen LogP contribution in [0.1, 0.15) is 58.8 Å². The van der Waals surface area contributed by atoms with Crippen molar-refractivity contribution in [1.29, 1.82) is 0 Å². The molecular weight excluding hydrogens is 218 g/mol. The van der Waals surface area contributed by atoms with Gasteiger partial charge in [-0.25, -0.2) is 4.90 Å². The lowest BCUT2D eigenvalue weighted by Crippen LogP contribution is -2.35. The van der Waals surface area contributed by atoms with Crippen LogP contribution in [0.2, 0.25) is 0 Å². The highest BCUT2D eigenvalue weighted by Gasteiger charge is 2.33.